The van der Waals surface area contributed by atoms with Crippen molar-refractivity contribution in [3.8, 4) is 0 Å². The lowest BCUT2D eigenvalue weighted by Gasteiger charge is -2.31. The first-order chi connectivity index (χ1) is 6.61. The van der Waals surface area contributed by atoms with Crippen molar-refractivity contribution in [2.75, 3.05) is 32.5 Å². The van der Waals surface area contributed by atoms with Crippen LogP contribution in [0.15, 0.2) is 11.6 Å². The minimum absolute atomic E-state index is 0.503. The van der Waals surface area contributed by atoms with Crippen molar-refractivity contribution < 1.29 is 0 Å². The largest absolute Gasteiger partial charge is 0.348 e. The second-order valence-electron chi connectivity index (χ2n) is 2.75. The maximum absolute atomic E-state index is 5.13. The molecule has 0 atom stereocenters. The van der Waals surface area contributed by atoms with Crippen LogP contribution < -0.4 is 0 Å². The summed E-state index contributed by atoms with van der Waals surface area (Å²) in [6, 6.07) is 0. The van der Waals surface area contributed by atoms with E-state index in [4.69, 9.17) is 35.4 Å². The molecule has 0 aromatic rings. The van der Waals surface area contributed by atoms with Gasteiger partial charge in [-0.15, -0.1) is 11.6 Å². The third-order valence-electron chi connectivity index (χ3n) is 1.35. The lowest BCUT2D eigenvalue weighted by molar-refractivity contribution is 0.278. The van der Waals surface area contributed by atoms with Crippen LogP contribution in [0.25, 0.3) is 0 Å². The Bertz CT molecular complexity index is 200. The Hall–Kier alpha value is 0.520. The van der Waals surface area contributed by atoms with Gasteiger partial charge in [-0.05, 0) is 7.05 Å². The lowest BCUT2D eigenvalue weighted by atomic mass is 10.8. The van der Waals surface area contributed by atoms with Crippen LogP contribution in [0, 0.1) is 0 Å². The molecule has 1 aliphatic heterocycles. The minimum Gasteiger partial charge on any atom is -0.348 e. The maximum Gasteiger partial charge on any atom is 0.138 e. The number of hydrogen-bond donors (Lipinski definition) is 0. The van der Waals surface area contributed by atoms with Crippen molar-refractivity contribution in [1.82, 2.24) is 9.80 Å². The van der Waals surface area contributed by atoms with Crippen molar-refractivity contribution >= 4 is 51.5 Å². The van der Waals surface area contributed by atoms with Gasteiger partial charge in [0.1, 0.15) is 4.32 Å². The lowest BCUT2D eigenvalue weighted by Crippen LogP contribution is -2.40. The van der Waals surface area contributed by atoms with Gasteiger partial charge >= 0.3 is 0 Å². The van der Waals surface area contributed by atoms with Crippen molar-refractivity contribution in [2.24, 2.45) is 0 Å². The standard InChI is InChI=1S/C5H10N2S2.C3H4Cl2/c1-6-3-7(2)5(8)9-4-6;4-2-1-3-5/h3-4H2,1-2H3;1-2H,3H2/b;2-1+. The van der Waals surface area contributed by atoms with Crippen LogP contribution in [0.1, 0.15) is 0 Å². The predicted octanol–water partition coefficient (Wildman–Crippen LogP) is 2.77. The summed E-state index contributed by atoms with van der Waals surface area (Å²) < 4.78 is 1.01. The SMILES string of the molecule is CN1CSC(=S)N(C)C1.Cl/C=C/CCl. The van der Waals surface area contributed by atoms with E-state index in [-0.39, 0.29) is 0 Å². The summed E-state index contributed by atoms with van der Waals surface area (Å²) in [5.41, 5.74) is 1.40. The summed E-state index contributed by atoms with van der Waals surface area (Å²) in [5, 5.41) is 0. The molecule has 2 nitrogen and oxygen atoms in total. The van der Waals surface area contributed by atoms with E-state index >= 15 is 0 Å². The van der Waals surface area contributed by atoms with Gasteiger partial charge in [0.05, 0.1) is 12.5 Å². The predicted molar refractivity (Wildman–Crippen MR) is 71.2 cm³/mol. The van der Waals surface area contributed by atoms with Crippen molar-refractivity contribution in [3.63, 3.8) is 0 Å². The van der Waals surface area contributed by atoms with Gasteiger partial charge in [0.25, 0.3) is 0 Å². The van der Waals surface area contributed by atoms with E-state index in [9.17, 15) is 0 Å². The minimum atomic E-state index is 0.503. The Morgan fingerprint density at radius 3 is 2.50 bits per heavy atom. The van der Waals surface area contributed by atoms with Gasteiger partial charge in [-0.2, -0.15) is 0 Å². The van der Waals surface area contributed by atoms with E-state index in [1.54, 1.807) is 17.8 Å². The molecule has 0 radical (unpaired) electrons. The number of thioether (sulfide) groups is 1. The Morgan fingerprint density at radius 1 is 1.57 bits per heavy atom. The smallest absolute Gasteiger partial charge is 0.138 e. The number of halogens is 2. The molecule has 0 aromatic heterocycles. The van der Waals surface area contributed by atoms with Crippen LogP contribution in [0.4, 0.5) is 0 Å². The first-order valence-electron chi connectivity index (χ1n) is 3.99. The van der Waals surface area contributed by atoms with Gasteiger partial charge in [0.2, 0.25) is 0 Å². The van der Waals surface area contributed by atoms with Gasteiger partial charge in [0, 0.05) is 18.5 Å². The Balaban J connectivity index is 0.000000292. The first-order valence-corrected chi connectivity index (χ1v) is 6.36. The first kappa shape index (κ1) is 14.5. The molecule has 14 heavy (non-hydrogen) atoms. The van der Waals surface area contributed by atoms with Crippen molar-refractivity contribution in [2.45, 2.75) is 0 Å². The third-order valence-corrected chi connectivity index (χ3v) is 3.50. The normalized spacial score (nSPS) is 18.3. The second kappa shape index (κ2) is 8.80. The Morgan fingerprint density at radius 2 is 2.21 bits per heavy atom. The highest BCUT2D eigenvalue weighted by atomic mass is 35.5. The average Bonchev–Trinajstić information content (AvgIpc) is 2.14. The van der Waals surface area contributed by atoms with E-state index in [2.05, 4.69) is 16.8 Å². The van der Waals surface area contributed by atoms with Crippen molar-refractivity contribution in [1.29, 1.82) is 0 Å². The number of alkyl halides is 1. The van der Waals surface area contributed by atoms with E-state index in [0.29, 0.717) is 5.88 Å². The molecule has 1 saturated heterocycles. The van der Waals surface area contributed by atoms with E-state index in [1.165, 1.54) is 5.54 Å². The molecule has 0 bridgehead atoms. The molecule has 0 spiro atoms. The molecule has 0 amide bonds. The van der Waals surface area contributed by atoms with Crippen LogP contribution in [0.3, 0.4) is 0 Å². The number of allylic oxidation sites excluding steroid dienone is 1. The van der Waals surface area contributed by atoms with Gasteiger partial charge < -0.3 is 4.90 Å². The zero-order valence-corrected chi connectivity index (χ0v) is 11.4. The number of thiocarbonyl (C=S) groups is 1. The zero-order valence-electron chi connectivity index (χ0n) is 8.24. The highest BCUT2D eigenvalue weighted by Gasteiger charge is 2.13. The topological polar surface area (TPSA) is 6.48 Å². The molecule has 1 heterocycles. The summed E-state index contributed by atoms with van der Waals surface area (Å²) in [6.07, 6.45) is 1.66. The van der Waals surface area contributed by atoms with E-state index in [1.807, 2.05) is 7.05 Å². The van der Waals surface area contributed by atoms with Crippen LogP contribution in [-0.2, 0) is 0 Å². The number of rotatable bonds is 1. The van der Waals surface area contributed by atoms with Gasteiger partial charge in [-0.3, -0.25) is 4.90 Å². The summed E-state index contributed by atoms with van der Waals surface area (Å²) in [4.78, 5) is 4.30. The fourth-order valence-corrected chi connectivity index (χ4v) is 1.95. The highest BCUT2D eigenvalue weighted by Crippen LogP contribution is 2.14. The molecule has 1 aliphatic rings. The average molecular weight is 273 g/mol. The molecule has 0 aliphatic carbocycles. The highest BCUT2D eigenvalue weighted by molar-refractivity contribution is 8.22. The summed E-state index contributed by atoms with van der Waals surface area (Å²) >= 11 is 16.9. The molecule has 82 valence electrons. The van der Waals surface area contributed by atoms with E-state index in [0.717, 1.165) is 16.9 Å². The molecule has 6 heteroatoms. The van der Waals surface area contributed by atoms with Crippen LogP contribution in [-0.4, -0.2) is 46.6 Å². The third kappa shape index (κ3) is 6.90. The quantitative estimate of drug-likeness (QED) is 0.535. The molecule has 0 unspecified atom stereocenters. The van der Waals surface area contributed by atoms with Gasteiger partial charge in [0.15, 0.2) is 0 Å². The zero-order chi connectivity index (χ0) is 11.0. The molecule has 0 N–H and O–H groups in total. The van der Waals surface area contributed by atoms with Crippen LogP contribution in [0.2, 0.25) is 0 Å². The van der Waals surface area contributed by atoms with Crippen LogP contribution >= 0.6 is 47.2 Å². The van der Waals surface area contributed by atoms with Crippen molar-refractivity contribution in [3.05, 3.63) is 11.6 Å². The summed E-state index contributed by atoms with van der Waals surface area (Å²) in [5.74, 6) is 1.53. The monoisotopic (exact) mass is 272 g/mol. The molecule has 0 saturated carbocycles. The molecular weight excluding hydrogens is 259 g/mol. The fraction of sp³-hybridized carbons (Fsp3) is 0.625. The Kier molecular flexibility index (Phi) is 9.13. The van der Waals surface area contributed by atoms with Gasteiger partial charge in [-0.25, -0.2) is 0 Å². The maximum atomic E-state index is 5.13. The Labute approximate surface area is 105 Å². The molecule has 1 fully saturated rings. The molecule has 1 rings (SSSR count). The van der Waals surface area contributed by atoms with Gasteiger partial charge in [-0.1, -0.05) is 41.7 Å². The molecule has 0 aromatic carbocycles. The molecular formula is C8H14Cl2N2S2. The second-order valence-corrected chi connectivity index (χ2v) is 4.89. The van der Waals surface area contributed by atoms with E-state index < -0.39 is 0 Å². The number of nitrogens with zero attached hydrogens (tertiary/aromatic N) is 2. The summed E-state index contributed by atoms with van der Waals surface area (Å²) in [6.45, 7) is 0.964. The fourth-order valence-electron chi connectivity index (χ4n) is 0.770. The summed E-state index contributed by atoms with van der Waals surface area (Å²) in [7, 11) is 4.11. The number of hydrogen-bond acceptors (Lipinski definition) is 3. The van der Waals surface area contributed by atoms with Crippen LogP contribution in [0.5, 0.6) is 0 Å².